The first-order valence-electron chi connectivity index (χ1n) is 8.31. The maximum atomic E-state index is 6.48. The molecule has 3 aromatic rings. The Bertz CT molecular complexity index is 991. The van der Waals surface area contributed by atoms with E-state index in [9.17, 15) is 0 Å². The number of hydrogen-bond donors (Lipinski definition) is 1. The standard InChI is InChI=1S/C22H20BrNO/c1-22(2)18-7-5-4-6-14(18)15-11-16(20(24)12-19(15)22)17-10-13(23)8-9-21(17)25-3/h4-12H,24H2,1-3H3. The number of nitrogen functional groups attached to an aromatic ring is 1. The van der Waals surface area contributed by atoms with Gasteiger partial charge in [0, 0.05) is 26.7 Å². The molecule has 0 fully saturated rings. The lowest BCUT2D eigenvalue weighted by molar-refractivity contribution is 0.416. The van der Waals surface area contributed by atoms with E-state index in [0.29, 0.717) is 0 Å². The Morgan fingerprint density at radius 3 is 2.36 bits per heavy atom. The van der Waals surface area contributed by atoms with E-state index in [1.165, 1.54) is 22.3 Å². The van der Waals surface area contributed by atoms with E-state index < -0.39 is 0 Å². The largest absolute Gasteiger partial charge is 0.496 e. The van der Waals surface area contributed by atoms with Gasteiger partial charge in [-0.25, -0.2) is 0 Å². The Morgan fingerprint density at radius 2 is 1.60 bits per heavy atom. The molecule has 3 heteroatoms. The highest BCUT2D eigenvalue weighted by atomic mass is 79.9. The maximum absolute atomic E-state index is 6.48. The van der Waals surface area contributed by atoms with Gasteiger partial charge in [0.15, 0.2) is 0 Å². The Balaban J connectivity index is 2.01. The van der Waals surface area contributed by atoms with Gasteiger partial charge in [0.2, 0.25) is 0 Å². The Labute approximate surface area is 156 Å². The van der Waals surface area contributed by atoms with Crippen LogP contribution in [0.15, 0.2) is 59.1 Å². The first-order valence-corrected chi connectivity index (χ1v) is 9.10. The summed E-state index contributed by atoms with van der Waals surface area (Å²) in [6.45, 7) is 4.52. The fraction of sp³-hybridized carbons (Fsp3) is 0.182. The summed E-state index contributed by atoms with van der Waals surface area (Å²) in [7, 11) is 1.69. The predicted octanol–water partition coefficient (Wildman–Crippen LogP) is 6.01. The molecule has 4 rings (SSSR count). The molecule has 2 N–H and O–H groups in total. The van der Waals surface area contributed by atoms with Crippen molar-refractivity contribution in [3.63, 3.8) is 0 Å². The minimum absolute atomic E-state index is 0.0417. The molecule has 126 valence electrons. The van der Waals surface area contributed by atoms with Crippen molar-refractivity contribution in [1.29, 1.82) is 0 Å². The smallest absolute Gasteiger partial charge is 0.126 e. The third kappa shape index (κ3) is 2.37. The molecule has 1 aliphatic rings. The quantitative estimate of drug-likeness (QED) is 0.540. The summed E-state index contributed by atoms with van der Waals surface area (Å²) in [5.41, 5.74) is 14.4. The molecule has 0 radical (unpaired) electrons. The first-order chi connectivity index (χ1) is 11.9. The van der Waals surface area contributed by atoms with Gasteiger partial charge in [0.25, 0.3) is 0 Å². The molecule has 0 spiro atoms. The average Bonchev–Trinajstić information content (AvgIpc) is 2.82. The number of methoxy groups -OCH3 is 1. The number of benzene rings is 3. The number of rotatable bonds is 2. The van der Waals surface area contributed by atoms with Crippen molar-refractivity contribution < 1.29 is 4.74 Å². The first kappa shape index (κ1) is 16.2. The van der Waals surface area contributed by atoms with Crippen LogP contribution >= 0.6 is 15.9 Å². The molecule has 0 saturated heterocycles. The fourth-order valence-corrected chi connectivity index (χ4v) is 4.25. The highest BCUT2D eigenvalue weighted by molar-refractivity contribution is 9.10. The normalized spacial score (nSPS) is 14.1. The minimum Gasteiger partial charge on any atom is -0.496 e. The van der Waals surface area contributed by atoms with Gasteiger partial charge in [-0.2, -0.15) is 0 Å². The number of nitrogens with two attached hydrogens (primary N) is 1. The molecule has 2 nitrogen and oxygen atoms in total. The van der Waals surface area contributed by atoms with Crippen LogP contribution in [0.3, 0.4) is 0 Å². The summed E-state index contributed by atoms with van der Waals surface area (Å²) < 4.78 is 6.57. The van der Waals surface area contributed by atoms with Crippen LogP contribution in [0.25, 0.3) is 22.3 Å². The van der Waals surface area contributed by atoms with Gasteiger partial charge in [-0.3, -0.25) is 0 Å². The van der Waals surface area contributed by atoms with E-state index >= 15 is 0 Å². The zero-order chi connectivity index (χ0) is 17.8. The number of anilines is 1. The molecule has 0 saturated carbocycles. The average molecular weight is 394 g/mol. The SMILES string of the molecule is COc1ccc(Br)cc1-c1cc2c(cc1N)C(C)(C)c1ccccc1-2. The van der Waals surface area contributed by atoms with Crippen LogP contribution in [0.4, 0.5) is 5.69 Å². The summed E-state index contributed by atoms with van der Waals surface area (Å²) in [4.78, 5) is 0. The van der Waals surface area contributed by atoms with Gasteiger partial charge in [-0.15, -0.1) is 0 Å². The molecule has 0 heterocycles. The molecular formula is C22H20BrNO. The van der Waals surface area contributed by atoms with Crippen molar-refractivity contribution in [2.45, 2.75) is 19.3 Å². The fourth-order valence-electron chi connectivity index (χ4n) is 3.89. The monoisotopic (exact) mass is 393 g/mol. The third-order valence-corrected chi connectivity index (χ3v) is 5.70. The second kappa shape index (κ2) is 5.63. The van der Waals surface area contributed by atoms with Gasteiger partial charge < -0.3 is 10.5 Å². The van der Waals surface area contributed by atoms with Gasteiger partial charge in [0.1, 0.15) is 5.75 Å². The van der Waals surface area contributed by atoms with Crippen molar-refractivity contribution in [1.82, 2.24) is 0 Å². The van der Waals surface area contributed by atoms with Crippen LogP contribution < -0.4 is 10.5 Å². The minimum atomic E-state index is -0.0417. The molecule has 0 atom stereocenters. The Morgan fingerprint density at radius 1 is 0.840 bits per heavy atom. The summed E-state index contributed by atoms with van der Waals surface area (Å²) in [6, 6.07) is 18.9. The lowest BCUT2D eigenvalue weighted by Gasteiger charge is -2.22. The summed E-state index contributed by atoms with van der Waals surface area (Å²) >= 11 is 3.56. The molecule has 0 aliphatic heterocycles. The topological polar surface area (TPSA) is 35.2 Å². The second-order valence-electron chi connectivity index (χ2n) is 7.00. The van der Waals surface area contributed by atoms with Crippen molar-refractivity contribution in [2.24, 2.45) is 0 Å². The van der Waals surface area contributed by atoms with Gasteiger partial charge in [-0.05, 0) is 52.6 Å². The molecular weight excluding hydrogens is 374 g/mol. The van der Waals surface area contributed by atoms with Crippen molar-refractivity contribution in [2.75, 3.05) is 12.8 Å². The van der Waals surface area contributed by atoms with Crippen molar-refractivity contribution >= 4 is 21.6 Å². The predicted molar refractivity (Wildman–Crippen MR) is 108 cm³/mol. The lowest BCUT2D eigenvalue weighted by atomic mass is 9.82. The molecule has 0 amide bonds. The van der Waals surface area contributed by atoms with E-state index in [2.05, 4.69) is 72.2 Å². The molecule has 0 aromatic heterocycles. The highest BCUT2D eigenvalue weighted by Crippen LogP contribution is 2.51. The number of fused-ring (bicyclic) bond motifs is 3. The Kier molecular flexibility index (Phi) is 3.66. The number of ether oxygens (including phenoxy) is 1. The third-order valence-electron chi connectivity index (χ3n) is 5.21. The summed E-state index contributed by atoms with van der Waals surface area (Å²) in [5.74, 6) is 0.820. The van der Waals surface area contributed by atoms with Gasteiger partial charge in [0.05, 0.1) is 7.11 Å². The second-order valence-corrected chi connectivity index (χ2v) is 7.92. The maximum Gasteiger partial charge on any atom is 0.126 e. The van der Waals surface area contributed by atoms with Crippen LogP contribution in [-0.4, -0.2) is 7.11 Å². The van der Waals surface area contributed by atoms with Crippen LogP contribution in [-0.2, 0) is 5.41 Å². The van der Waals surface area contributed by atoms with E-state index in [0.717, 1.165) is 27.0 Å². The van der Waals surface area contributed by atoms with E-state index in [1.807, 2.05) is 12.1 Å². The number of hydrogen-bond acceptors (Lipinski definition) is 2. The van der Waals surface area contributed by atoms with Crippen molar-refractivity contribution in [3.8, 4) is 28.0 Å². The van der Waals surface area contributed by atoms with Gasteiger partial charge >= 0.3 is 0 Å². The summed E-state index contributed by atoms with van der Waals surface area (Å²) in [6.07, 6.45) is 0. The zero-order valence-electron chi connectivity index (χ0n) is 14.6. The van der Waals surface area contributed by atoms with Crippen LogP contribution in [0.5, 0.6) is 5.75 Å². The Hall–Kier alpha value is -2.26. The zero-order valence-corrected chi connectivity index (χ0v) is 16.1. The van der Waals surface area contributed by atoms with E-state index in [4.69, 9.17) is 10.5 Å². The molecule has 0 bridgehead atoms. The summed E-state index contributed by atoms with van der Waals surface area (Å²) in [5, 5.41) is 0. The molecule has 3 aromatic carbocycles. The van der Waals surface area contributed by atoms with Crippen molar-refractivity contribution in [3.05, 3.63) is 70.2 Å². The van der Waals surface area contributed by atoms with Crippen LogP contribution in [0, 0.1) is 0 Å². The molecule has 1 aliphatic carbocycles. The van der Waals surface area contributed by atoms with Gasteiger partial charge in [-0.1, -0.05) is 54.0 Å². The van der Waals surface area contributed by atoms with Crippen LogP contribution in [0.2, 0.25) is 0 Å². The number of halogens is 1. The molecule has 25 heavy (non-hydrogen) atoms. The molecule has 0 unspecified atom stereocenters. The van der Waals surface area contributed by atoms with E-state index in [-0.39, 0.29) is 5.41 Å². The lowest BCUT2D eigenvalue weighted by Crippen LogP contribution is -2.15. The van der Waals surface area contributed by atoms with E-state index in [1.54, 1.807) is 7.11 Å². The van der Waals surface area contributed by atoms with Crippen LogP contribution in [0.1, 0.15) is 25.0 Å². The highest BCUT2D eigenvalue weighted by Gasteiger charge is 2.35.